The number of hydrogen-bond donors (Lipinski definition) is 2. The standard InChI is InChI=1S/C13H10BrF3N2/c14-8-3-1-2-7(6-8)13(19-18)9-4-5-10(15)12(17)11(9)16/h1-6,13,19H,18H2. The molecule has 2 rings (SSSR count). The summed E-state index contributed by atoms with van der Waals surface area (Å²) in [7, 11) is 0. The lowest BCUT2D eigenvalue weighted by Gasteiger charge is -2.18. The maximum Gasteiger partial charge on any atom is 0.194 e. The monoisotopic (exact) mass is 330 g/mol. The third-order valence-corrected chi connectivity index (χ3v) is 3.22. The number of rotatable bonds is 3. The summed E-state index contributed by atoms with van der Waals surface area (Å²) >= 11 is 3.28. The van der Waals surface area contributed by atoms with E-state index >= 15 is 0 Å². The SMILES string of the molecule is NNC(c1cccc(Br)c1)c1ccc(F)c(F)c1F. The third kappa shape index (κ3) is 2.80. The van der Waals surface area contributed by atoms with Crippen molar-refractivity contribution in [1.29, 1.82) is 0 Å². The molecule has 0 aromatic heterocycles. The molecule has 0 radical (unpaired) electrons. The van der Waals surface area contributed by atoms with Gasteiger partial charge in [-0.1, -0.05) is 34.1 Å². The van der Waals surface area contributed by atoms with Crippen molar-refractivity contribution >= 4 is 15.9 Å². The largest absolute Gasteiger partial charge is 0.271 e. The van der Waals surface area contributed by atoms with E-state index in [0.717, 1.165) is 10.5 Å². The maximum atomic E-state index is 13.8. The van der Waals surface area contributed by atoms with Crippen LogP contribution in [0.25, 0.3) is 0 Å². The Morgan fingerprint density at radius 2 is 1.79 bits per heavy atom. The van der Waals surface area contributed by atoms with Gasteiger partial charge in [0.15, 0.2) is 17.5 Å². The number of hydrazine groups is 1. The second kappa shape index (κ2) is 5.73. The molecule has 0 aliphatic heterocycles. The molecule has 0 amide bonds. The smallest absolute Gasteiger partial charge is 0.194 e. The molecule has 1 atom stereocenters. The van der Waals surface area contributed by atoms with Crippen LogP contribution in [0.15, 0.2) is 40.9 Å². The van der Waals surface area contributed by atoms with Gasteiger partial charge in [0.2, 0.25) is 0 Å². The molecule has 1 unspecified atom stereocenters. The number of nitrogens with two attached hydrogens (primary N) is 1. The molecule has 0 heterocycles. The Labute approximate surface area is 116 Å². The highest BCUT2D eigenvalue weighted by molar-refractivity contribution is 9.10. The van der Waals surface area contributed by atoms with Crippen molar-refractivity contribution < 1.29 is 13.2 Å². The van der Waals surface area contributed by atoms with Crippen LogP contribution in [0.5, 0.6) is 0 Å². The summed E-state index contributed by atoms with van der Waals surface area (Å²) < 4.78 is 40.7. The average molecular weight is 331 g/mol. The van der Waals surface area contributed by atoms with Crippen molar-refractivity contribution in [1.82, 2.24) is 5.43 Å². The predicted octanol–water partition coefficient (Wildman–Crippen LogP) is 3.42. The van der Waals surface area contributed by atoms with Crippen LogP contribution < -0.4 is 11.3 Å². The molecule has 2 aromatic rings. The first kappa shape index (κ1) is 14.0. The molecule has 0 aliphatic rings. The summed E-state index contributed by atoms with van der Waals surface area (Å²) in [6.45, 7) is 0. The van der Waals surface area contributed by atoms with E-state index < -0.39 is 23.5 Å². The van der Waals surface area contributed by atoms with E-state index in [1.807, 2.05) is 0 Å². The molecular weight excluding hydrogens is 321 g/mol. The zero-order chi connectivity index (χ0) is 14.0. The molecule has 3 N–H and O–H groups in total. The summed E-state index contributed by atoms with van der Waals surface area (Å²) in [6, 6.07) is 8.21. The summed E-state index contributed by atoms with van der Waals surface area (Å²) in [6.07, 6.45) is 0. The van der Waals surface area contributed by atoms with Gasteiger partial charge in [-0.3, -0.25) is 5.84 Å². The predicted molar refractivity (Wildman–Crippen MR) is 69.6 cm³/mol. The van der Waals surface area contributed by atoms with E-state index in [2.05, 4.69) is 21.4 Å². The van der Waals surface area contributed by atoms with Gasteiger partial charge in [-0.15, -0.1) is 0 Å². The Kier molecular flexibility index (Phi) is 4.24. The van der Waals surface area contributed by atoms with Crippen LogP contribution in [-0.4, -0.2) is 0 Å². The molecule has 2 aromatic carbocycles. The van der Waals surface area contributed by atoms with Crippen LogP contribution >= 0.6 is 15.9 Å². The summed E-state index contributed by atoms with van der Waals surface area (Å²) in [5.74, 6) is 1.41. The molecule has 19 heavy (non-hydrogen) atoms. The van der Waals surface area contributed by atoms with Gasteiger partial charge in [-0.2, -0.15) is 0 Å². The molecule has 0 aliphatic carbocycles. The first-order valence-electron chi connectivity index (χ1n) is 5.39. The van der Waals surface area contributed by atoms with Crippen molar-refractivity contribution in [3.8, 4) is 0 Å². The highest BCUT2D eigenvalue weighted by atomic mass is 79.9. The second-order valence-electron chi connectivity index (χ2n) is 3.92. The third-order valence-electron chi connectivity index (χ3n) is 2.72. The Bertz CT molecular complexity index is 604. The first-order chi connectivity index (χ1) is 9.04. The van der Waals surface area contributed by atoms with Gasteiger partial charge in [0.1, 0.15) is 0 Å². The molecule has 0 saturated heterocycles. The Morgan fingerprint density at radius 3 is 2.42 bits per heavy atom. The van der Waals surface area contributed by atoms with Gasteiger partial charge >= 0.3 is 0 Å². The van der Waals surface area contributed by atoms with Crippen LogP contribution in [0.1, 0.15) is 17.2 Å². The topological polar surface area (TPSA) is 38.0 Å². The van der Waals surface area contributed by atoms with E-state index in [0.29, 0.717) is 5.56 Å². The van der Waals surface area contributed by atoms with Gasteiger partial charge in [0.05, 0.1) is 6.04 Å². The van der Waals surface area contributed by atoms with E-state index in [9.17, 15) is 13.2 Å². The molecule has 6 heteroatoms. The van der Waals surface area contributed by atoms with Gasteiger partial charge < -0.3 is 0 Å². The molecule has 100 valence electrons. The van der Waals surface area contributed by atoms with E-state index in [-0.39, 0.29) is 5.56 Å². The second-order valence-corrected chi connectivity index (χ2v) is 4.83. The lowest BCUT2D eigenvalue weighted by Crippen LogP contribution is -2.29. The molecule has 0 saturated carbocycles. The Balaban J connectivity index is 2.51. The minimum Gasteiger partial charge on any atom is -0.271 e. The Hall–Kier alpha value is -1.37. The minimum absolute atomic E-state index is 0.0560. The molecule has 2 nitrogen and oxygen atoms in total. The number of benzene rings is 2. The van der Waals surface area contributed by atoms with Gasteiger partial charge in [0.25, 0.3) is 0 Å². The van der Waals surface area contributed by atoms with Crippen LogP contribution in [0.3, 0.4) is 0 Å². The molecule has 0 bridgehead atoms. The summed E-state index contributed by atoms with van der Waals surface area (Å²) in [4.78, 5) is 0. The minimum atomic E-state index is -1.51. The van der Waals surface area contributed by atoms with Crippen LogP contribution in [0.2, 0.25) is 0 Å². The highest BCUT2D eigenvalue weighted by Gasteiger charge is 2.21. The first-order valence-corrected chi connectivity index (χ1v) is 6.19. The number of hydrogen-bond acceptors (Lipinski definition) is 2. The maximum absolute atomic E-state index is 13.8. The van der Waals surface area contributed by atoms with Crippen molar-refractivity contribution in [2.24, 2.45) is 5.84 Å². The van der Waals surface area contributed by atoms with Gasteiger partial charge in [-0.25, -0.2) is 18.6 Å². The van der Waals surface area contributed by atoms with Crippen LogP contribution in [0.4, 0.5) is 13.2 Å². The van der Waals surface area contributed by atoms with Gasteiger partial charge in [-0.05, 0) is 23.8 Å². The average Bonchev–Trinajstić information content (AvgIpc) is 2.40. The Morgan fingerprint density at radius 1 is 1.05 bits per heavy atom. The van der Waals surface area contributed by atoms with E-state index in [1.165, 1.54) is 6.07 Å². The number of halogens is 4. The van der Waals surface area contributed by atoms with Crippen molar-refractivity contribution in [2.75, 3.05) is 0 Å². The van der Waals surface area contributed by atoms with Gasteiger partial charge in [0, 0.05) is 10.0 Å². The highest BCUT2D eigenvalue weighted by Crippen LogP contribution is 2.27. The lowest BCUT2D eigenvalue weighted by atomic mass is 9.98. The lowest BCUT2D eigenvalue weighted by molar-refractivity contribution is 0.433. The fraction of sp³-hybridized carbons (Fsp3) is 0.0769. The van der Waals surface area contributed by atoms with Crippen molar-refractivity contribution in [3.05, 3.63) is 69.4 Å². The molecule has 0 spiro atoms. The fourth-order valence-electron chi connectivity index (χ4n) is 1.82. The quantitative estimate of drug-likeness (QED) is 0.514. The zero-order valence-electron chi connectivity index (χ0n) is 9.63. The van der Waals surface area contributed by atoms with Crippen molar-refractivity contribution in [2.45, 2.75) is 6.04 Å². The summed E-state index contributed by atoms with van der Waals surface area (Å²) in [5.41, 5.74) is 2.97. The van der Waals surface area contributed by atoms with Crippen molar-refractivity contribution in [3.63, 3.8) is 0 Å². The van der Waals surface area contributed by atoms with E-state index in [4.69, 9.17) is 5.84 Å². The van der Waals surface area contributed by atoms with E-state index in [1.54, 1.807) is 24.3 Å². The zero-order valence-corrected chi connectivity index (χ0v) is 11.2. The fourth-order valence-corrected chi connectivity index (χ4v) is 2.23. The molecule has 0 fully saturated rings. The number of nitrogens with one attached hydrogen (secondary N) is 1. The van der Waals surface area contributed by atoms with Crippen LogP contribution in [-0.2, 0) is 0 Å². The van der Waals surface area contributed by atoms with Crippen LogP contribution in [0, 0.1) is 17.5 Å². The molecular formula is C13H10BrF3N2. The normalized spacial score (nSPS) is 12.5. The summed E-state index contributed by atoms with van der Waals surface area (Å²) in [5, 5.41) is 0.